The number of methoxy groups -OCH3 is 3. The molecule has 1 saturated heterocycles. The van der Waals surface area contributed by atoms with Gasteiger partial charge in [-0.1, -0.05) is 0 Å². The highest BCUT2D eigenvalue weighted by atomic mass is 32.2. The fourth-order valence-corrected chi connectivity index (χ4v) is 4.65. The fraction of sp³-hybridized carbons (Fsp3) is 0.350. The molecule has 1 aliphatic rings. The monoisotopic (exact) mass is 420 g/mol. The third-order valence-electron chi connectivity index (χ3n) is 4.80. The first-order valence-corrected chi connectivity index (χ1v) is 10.5. The molecule has 0 spiro atoms. The molecule has 2 aromatic rings. The molecule has 1 amide bonds. The van der Waals surface area contributed by atoms with Gasteiger partial charge in [-0.2, -0.15) is 0 Å². The van der Waals surface area contributed by atoms with Crippen molar-refractivity contribution in [3.8, 4) is 17.2 Å². The molecule has 2 aromatic carbocycles. The predicted octanol–water partition coefficient (Wildman–Crippen LogP) is 2.10. The Morgan fingerprint density at radius 1 is 0.966 bits per heavy atom. The first-order valence-electron chi connectivity index (χ1n) is 8.98. The summed E-state index contributed by atoms with van der Waals surface area (Å²) < 4.78 is 43.8. The SMILES string of the molecule is COc1ccc(S(=O)(=O)NC2CC(=O)N(c3ccc(OC)c(OC)c3)C2)cc1C. The van der Waals surface area contributed by atoms with Crippen LogP contribution in [0.4, 0.5) is 5.69 Å². The zero-order valence-electron chi connectivity index (χ0n) is 16.8. The molecule has 0 radical (unpaired) electrons. The van der Waals surface area contributed by atoms with Crippen LogP contribution in [0.1, 0.15) is 12.0 Å². The van der Waals surface area contributed by atoms with Crippen LogP contribution in [0.15, 0.2) is 41.3 Å². The molecule has 1 unspecified atom stereocenters. The van der Waals surface area contributed by atoms with E-state index in [2.05, 4.69) is 4.72 Å². The average molecular weight is 420 g/mol. The Kier molecular flexibility index (Phi) is 5.99. The van der Waals surface area contributed by atoms with Crippen LogP contribution in [0.25, 0.3) is 0 Å². The largest absolute Gasteiger partial charge is 0.496 e. The van der Waals surface area contributed by atoms with E-state index in [-0.39, 0.29) is 23.8 Å². The Bertz CT molecular complexity index is 1020. The highest BCUT2D eigenvalue weighted by molar-refractivity contribution is 7.89. The normalized spacial score (nSPS) is 16.8. The number of carbonyl (C=O) groups is 1. The molecule has 1 fully saturated rings. The van der Waals surface area contributed by atoms with E-state index in [1.807, 2.05) is 0 Å². The summed E-state index contributed by atoms with van der Waals surface area (Å²) in [5.41, 5.74) is 1.33. The van der Waals surface area contributed by atoms with Gasteiger partial charge in [0, 0.05) is 30.8 Å². The van der Waals surface area contributed by atoms with Crippen LogP contribution in [-0.4, -0.2) is 48.2 Å². The van der Waals surface area contributed by atoms with E-state index >= 15 is 0 Å². The number of ether oxygens (including phenoxy) is 3. The first kappa shape index (κ1) is 20.9. The number of rotatable bonds is 7. The Balaban J connectivity index is 1.77. The number of nitrogens with zero attached hydrogens (tertiary/aromatic N) is 1. The topological polar surface area (TPSA) is 94.2 Å². The van der Waals surface area contributed by atoms with Gasteiger partial charge >= 0.3 is 0 Å². The van der Waals surface area contributed by atoms with Gasteiger partial charge in [-0.25, -0.2) is 13.1 Å². The number of nitrogens with one attached hydrogen (secondary N) is 1. The lowest BCUT2D eigenvalue weighted by Gasteiger charge is -2.19. The number of carbonyl (C=O) groups excluding carboxylic acids is 1. The van der Waals surface area contributed by atoms with Gasteiger partial charge in [-0.05, 0) is 42.8 Å². The predicted molar refractivity (Wildman–Crippen MR) is 108 cm³/mol. The highest BCUT2D eigenvalue weighted by Gasteiger charge is 2.34. The Morgan fingerprint density at radius 2 is 1.62 bits per heavy atom. The van der Waals surface area contributed by atoms with Crippen LogP contribution >= 0.6 is 0 Å². The van der Waals surface area contributed by atoms with Crippen molar-refractivity contribution in [2.75, 3.05) is 32.8 Å². The molecule has 29 heavy (non-hydrogen) atoms. The van der Waals surface area contributed by atoms with Gasteiger partial charge in [0.05, 0.1) is 26.2 Å². The molecule has 9 heteroatoms. The zero-order chi connectivity index (χ0) is 21.2. The van der Waals surface area contributed by atoms with E-state index in [0.29, 0.717) is 28.5 Å². The molecule has 8 nitrogen and oxygen atoms in total. The van der Waals surface area contributed by atoms with Gasteiger partial charge in [0.1, 0.15) is 5.75 Å². The molecule has 0 bridgehead atoms. The average Bonchev–Trinajstić information content (AvgIpc) is 3.06. The van der Waals surface area contributed by atoms with Gasteiger partial charge in [0.15, 0.2) is 11.5 Å². The van der Waals surface area contributed by atoms with Crippen LogP contribution < -0.4 is 23.8 Å². The van der Waals surface area contributed by atoms with Gasteiger partial charge in [0.25, 0.3) is 0 Å². The maximum atomic E-state index is 12.8. The second-order valence-electron chi connectivity index (χ2n) is 6.70. The molecule has 0 aromatic heterocycles. The van der Waals surface area contributed by atoms with Crippen LogP contribution in [0.2, 0.25) is 0 Å². The van der Waals surface area contributed by atoms with Crippen molar-refractivity contribution >= 4 is 21.6 Å². The maximum absolute atomic E-state index is 12.8. The summed E-state index contributed by atoms with van der Waals surface area (Å²) in [6.45, 7) is 2.00. The summed E-state index contributed by atoms with van der Waals surface area (Å²) >= 11 is 0. The summed E-state index contributed by atoms with van der Waals surface area (Å²) in [4.78, 5) is 14.2. The van der Waals surface area contributed by atoms with Gasteiger partial charge < -0.3 is 19.1 Å². The van der Waals surface area contributed by atoms with Crippen molar-refractivity contribution < 1.29 is 27.4 Å². The molecule has 1 atom stereocenters. The third kappa shape index (κ3) is 4.30. The van der Waals surface area contributed by atoms with Crippen molar-refractivity contribution in [2.24, 2.45) is 0 Å². The van der Waals surface area contributed by atoms with Crippen molar-refractivity contribution in [1.82, 2.24) is 4.72 Å². The summed E-state index contributed by atoms with van der Waals surface area (Å²) in [5, 5.41) is 0. The van der Waals surface area contributed by atoms with Crippen LogP contribution in [-0.2, 0) is 14.8 Å². The smallest absolute Gasteiger partial charge is 0.240 e. The first-order chi connectivity index (χ1) is 13.8. The Labute approximate surface area is 170 Å². The van der Waals surface area contributed by atoms with Crippen LogP contribution in [0, 0.1) is 6.92 Å². The molecule has 1 aliphatic heterocycles. The molecular formula is C20H24N2O6S. The molecule has 1 heterocycles. The van der Waals surface area contributed by atoms with Gasteiger partial charge in [0.2, 0.25) is 15.9 Å². The number of aryl methyl sites for hydroxylation is 1. The van der Waals surface area contributed by atoms with E-state index < -0.39 is 16.1 Å². The van der Waals surface area contributed by atoms with E-state index in [1.54, 1.807) is 37.3 Å². The molecule has 0 aliphatic carbocycles. The quantitative estimate of drug-likeness (QED) is 0.737. The number of amides is 1. The summed E-state index contributed by atoms with van der Waals surface area (Å²) in [7, 11) is 0.804. The number of sulfonamides is 1. The summed E-state index contributed by atoms with van der Waals surface area (Å²) in [5.74, 6) is 1.49. The fourth-order valence-electron chi connectivity index (χ4n) is 3.33. The highest BCUT2D eigenvalue weighted by Crippen LogP contribution is 2.33. The third-order valence-corrected chi connectivity index (χ3v) is 6.32. The van der Waals surface area contributed by atoms with Crippen molar-refractivity contribution in [1.29, 1.82) is 0 Å². The van der Waals surface area contributed by atoms with Crippen molar-refractivity contribution in [2.45, 2.75) is 24.3 Å². The number of benzene rings is 2. The molecule has 1 N–H and O–H groups in total. The molecule has 0 saturated carbocycles. The van der Waals surface area contributed by atoms with E-state index in [4.69, 9.17) is 14.2 Å². The van der Waals surface area contributed by atoms with Crippen molar-refractivity contribution in [3.05, 3.63) is 42.0 Å². The minimum Gasteiger partial charge on any atom is -0.496 e. The standard InChI is InChI=1S/C20H24N2O6S/c1-13-9-16(6-8-17(13)26-2)29(24,25)21-14-10-20(23)22(12-14)15-5-7-18(27-3)19(11-15)28-4/h5-9,11,14,21H,10,12H2,1-4H3. The lowest BCUT2D eigenvalue weighted by Crippen LogP contribution is -2.37. The summed E-state index contributed by atoms with van der Waals surface area (Å²) in [6.07, 6.45) is 0.0721. The van der Waals surface area contributed by atoms with Gasteiger partial charge in [-0.15, -0.1) is 0 Å². The number of hydrogen-bond acceptors (Lipinski definition) is 6. The van der Waals surface area contributed by atoms with Crippen LogP contribution in [0.3, 0.4) is 0 Å². The molecule has 156 valence electrons. The lowest BCUT2D eigenvalue weighted by molar-refractivity contribution is -0.117. The minimum absolute atomic E-state index is 0.0721. The van der Waals surface area contributed by atoms with Crippen LogP contribution in [0.5, 0.6) is 17.2 Å². The second kappa shape index (κ2) is 8.30. The number of anilines is 1. The van der Waals surface area contributed by atoms with Gasteiger partial charge in [-0.3, -0.25) is 4.79 Å². The minimum atomic E-state index is -3.77. The Hall–Kier alpha value is -2.78. The number of hydrogen-bond donors (Lipinski definition) is 1. The lowest BCUT2D eigenvalue weighted by atomic mass is 10.2. The maximum Gasteiger partial charge on any atom is 0.240 e. The molecular weight excluding hydrogens is 396 g/mol. The Morgan fingerprint density at radius 3 is 2.24 bits per heavy atom. The zero-order valence-corrected chi connectivity index (χ0v) is 17.6. The van der Waals surface area contributed by atoms with E-state index in [1.165, 1.54) is 32.3 Å². The second-order valence-corrected chi connectivity index (χ2v) is 8.41. The molecule has 3 rings (SSSR count). The van der Waals surface area contributed by atoms with E-state index in [0.717, 1.165) is 0 Å². The van der Waals surface area contributed by atoms with E-state index in [9.17, 15) is 13.2 Å². The van der Waals surface area contributed by atoms with Crippen molar-refractivity contribution in [3.63, 3.8) is 0 Å². The summed E-state index contributed by atoms with van der Waals surface area (Å²) in [6, 6.07) is 9.24.